The molecule has 0 aliphatic heterocycles. The lowest BCUT2D eigenvalue weighted by Crippen LogP contribution is -2.30. The number of carbonyl (C=O) groups excluding carboxylic acids is 1. The Morgan fingerprint density at radius 3 is 1.15 bits per heavy atom. The van der Waals surface area contributed by atoms with Crippen molar-refractivity contribution in [2.24, 2.45) is 4.99 Å². The predicted molar refractivity (Wildman–Crippen MR) is 283 cm³/mol. The fourth-order valence-corrected chi connectivity index (χ4v) is 9.11. The number of hydrogen-bond acceptors (Lipinski definition) is 13. The minimum absolute atomic E-state index is 0.201. The Labute approximate surface area is 429 Å². The highest BCUT2D eigenvalue weighted by molar-refractivity contribution is 5.79. The van der Waals surface area contributed by atoms with Gasteiger partial charge in [0, 0.05) is 119 Å². The molecule has 10 aliphatic carbocycles. The monoisotopic (exact) mass is 995 g/mol. The number of unbranched alkanes of at least 4 members (excludes halogenated alkanes) is 2. The van der Waals surface area contributed by atoms with Crippen molar-refractivity contribution in [1.82, 2.24) is 10.3 Å². The zero-order chi connectivity index (χ0) is 51.7. The van der Waals surface area contributed by atoms with E-state index in [4.69, 9.17) is 47.4 Å². The summed E-state index contributed by atoms with van der Waals surface area (Å²) in [6.45, 7) is 3.58. The molecular weight excluding hydrogens is 927 g/mol. The van der Waals surface area contributed by atoms with Crippen molar-refractivity contribution >= 4 is 12.1 Å². The molecule has 0 fully saturated rings. The van der Waals surface area contributed by atoms with E-state index in [9.17, 15) is 4.79 Å². The maximum Gasteiger partial charge on any atom is 0.257 e. The van der Waals surface area contributed by atoms with Crippen molar-refractivity contribution in [3.05, 3.63) is 146 Å². The van der Waals surface area contributed by atoms with Crippen LogP contribution in [-0.4, -0.2) is 100 Å². The van der Waals surface area contributed by atoms with Gasteiger partial charge in [0.1, 0.15) is 57.5 Å². The smallest absolute Gasteiger partial charge is 0.257 e. The molecule has 0 unspecified atom stereocenters. The summed E-state index contributed by atoms with van der Waals surface area (Å²) >= 11 is 0. The summed E-state index contributed by atoms with van der Waals surface area (Å²) in [6.07, 6.45) is 10.9. The highest BCUT2D eigenvalue weighted by Gasteiger charge is 2.24. The SMILES string of the molecule is CCCCOc1cc2c(OCC(=O)NCCCCN=Cc3ccncc3)cc1Cc1cc(OC)c(cc1OC)Cc1cc(OC)c(cc1OC)Cc1cc(OC)c(cc1OC)Cc1cc(OC)c(cc1OC)C2. The van der Waals surface area contributed by atoms with Crippen LogP contribution < -0.4 is 52.7 Å². The van der Waals surface area contributed by atoms with Gasteiger partial charge in [-0.3, -0.25) is 14.8 Å². The number of amides is 1. The average Bonchev–Trinajstić information content (AvgIpc) is 3.41. The number of methoxy groups -OCH3 is 8. The van der Waals surface area contributed by atoms with Crippen LogP contribution in [-0.2, 0) is 36.9 Å². The zero-order valence-electron chi connectivity index (χ0n) is 43.7. The number of aromatic nitrogens is 1. The molecule has 10 bridgehead atoms. The lowest BCUT2D eigenvalue weighted by atomic mass is 9.94. The van der Waals surface area contributed by atoms with Gasteiger partial charge >= 0.3 is 0 Å². The zero-order valence-corrected chi connectivity index (χ0v) is 43.7. The van der Waals surface area contributed by atoms with Gasteiger partial charge in [0.15, 0.2) is 6.61 Å². The van der Waals surface area contributed by atoms with Crippen molar-refractivity contribution in [3.8, 4) is 57.5 Å². The van der Waals surface area contributed by atoms with Crippen molar-refractivity contribution in [2.75, 3.05) is 83.2 Å². The first-order valence-electron chi connectivity index (χ1n) is 24.7. The molecule has 16 rings (SSSR count). The van der Waals surface area contributed by atoms with E-state index in [0.717, 1.165) is 86.9 Å². The van der Waals surface area contributed by atoms with E-state index < -0.39 is 0 Å². The van der Waals surface area contributed by atoms with Gasteiger partial charge in [-0.2, -0.15) is 0 Å². The predicted octanol–water partition coefficient (Wildman–Crippen LogP) is 9.99. The Kier molecular flexibility index (Phi) is 19.1. The number of hydrogen-bond donors (Lipinski definition) is 1. The van der Waals surface area contributed by atoms with E-state index in [1.54, 1.807) is 69.3 Å². The lowest BCUT2D eigenvalue weighted by molar-refractivity contribution is -0.123. The molecule has 6 aromatic rings. The molecule has 0 saturated heterocycles. The van der Waals surface area contributed by atoms with Gasteiger partial charge < -0.3 is 52.7 Å². The second-order valence-corrected chi connectivity index (χ2v) is 17.7. The van der Waals surface area contributed by atoms with E-state index in [0.29, 0.717) is 109 Å². The largest absolute Gasteiger partial charge is 0.496 e. The maximum atomic E-state index is 13.5. The topological polar surface area (TPSA) is 147 Å². The van der Waals surface area contributed by atoms with Crippen molar-refractivity contribution in [2.45, 2.75) is 64.7 Å². The molecule has 5 aromatic carbocycles. The van der Waals surface area contributed by atoms with Gasteiger partial charge in [0.05, 0.1) is 63.5 Å². The Hall–Kier alpha value is -7.61. The van der Waals surface area contributed by atoms with Crippen LogP contribution in [0.15, 0.2) is 90.2 Å². The first-order valence-corrected chi connectivity index (χ1v) is 24.7. The molecule has 1 amide bonds. The van der Waals surface area contributed by atoms with Gasteiger partial charge in [-0.25, -0.2) is 0 Å². The number of nitrogens with one attached hydrogen (secondary N) is 1. The highest BCUT2D eigenvalue weighted by Crippen LogP contribution is 2.42. The molecule has 1 heterocycles. The van der Waals surface area contributed by atoms with Crippen molar-refractivity contribution in [1.29, 1.82) is 0 Å². The van der Waals surface area contributed by atoms with Crippen molar-refractivity contribution in [3.63, 3.8) is 0 Å². The quantitative estimate of drug-likeness (QED) is 0.0540. The van der Waals surface area contributed by atoms with Gasteiger partial charge in [0.25, 0.3) is 5.91 Å². The highest BCUT2D eigenvalue weighted by atomic mass is 16.5. The third kappa shape index (κ3) is 13.5. The third-order valence-electron chi connectivity index (χ3n) is 13.0. The van der Waals surface area contributed by atoms with Crippen LogP contribution in [0.5, 0.6) is 57.5 Å². The van der Waals surface area contributed by atoms with Crippen LogP contribution in [0.3, 0.4) is 0 Å². The number of aliphatic imine (C=N–C) groups is 1. The maximum absolute atomic E-state index is 13.5. The summed E-state index contributed by atoms with van der Waals surface area (Å²) in [5.41, 5.74) is 9.73. The van der Waals surface area contributed by atoms with Crippen LogP contribution in [0.4, 0.5) is 0 Å². The molecule has 1 aromatic heterocycles. The summed E-state index contributed by atoms with van der Waals surface area (Å²) in [6, 6.07) is 23.9. The molecule has 0 saturated carbocycles. The molecule has 10 aliphatic rings. The Morgan fingerprint density at radius 1 is 0.479 bits per heavy atom. The number of pyridine rings is 1. The number of rotatable bonds is 21. The van der Waals surface area contributed by atoms with E-state index in [1.165, 1.54) is 0 Å². The first kappa shape index (κ1) is 53.2. The minimum Gasteiger partial charge on any atom is -0.496 e. The van der Waals surface area contributed by atoms with E-state index >= 15 is 0 Å². The molecule has 0 radical (unpaired) electrons. The van der Waals surface area contributed by atoms with Gasteiger partial charge in [-0.1, -0.05) is 13.3 Å². The molecule has 14 heteroatoms. The van der Waals surface area contributed by atoms with Crippen LogP contribution in [0.2, 0.25) is 0 Å². The molecule has 0 atom stereocenters. The minimum atomic E-state index is -0.235. The fourth-order valence-electron chi connectivity index (χ4n) is 9.11. The van der Waals surface area contributed by atoms with E-state index in [1.807, 2.05) is 79.0 Å². The van der Waals surface area contributed by atoms with Crippen molar-refractivity contribution < 1.29 is 52.2 Å². The molecule has 386 valence electrons. The van der Waals surface area contributed by atoms with E-state index in [-0.39, 0.29) is 12.5 Å². The van der Waals surface area contributed by atoms with Gasteiger partial charge in [-0.05, 0) is 97.6 Å². The normalized spacial score (nSPS) is 12.1. The van der Waals surface area contributed by atoms with Crippen LogP contribution in [0.1, 0.15) is 93.8 Å². The Morgan fingerprint density at radius 2 is 0.808 bits per heavy atom. The number of carbonyl (C=O) groups is 1. The van der Waals surface area contributed by atoms with Crippen LogP contribution in [0.25, 0.3) is 0 Å². The van der Waals surface area contributed by atoms with Crippen LogP contribution in [0, 0.1) is 0 Å². The van der Waals surface area contributed by atoms with Gasteiger partial charge in [-0.15, -0.1) is 0 Å². The molecular formula is C59H69N3O11. The molecule has 14 nitrogen and oxygen atoms in total. The first-order chi connectivity index (χ1) is 35.6. The molecule has 73 heavy (non-hydrogen) atoms. The second-order valence-electron chi connectivity index (χ2n) is 17.7. The summed E-state index contributed by atoms with van der Waals surface area (Å²) in [7, 11) is 13.3. The van der Waals surface area contributed by atoms with Gasteiger partial charge in [0.2, 0.25) is 0 Å². The number of ether oxygens (including phenoxy) is 10. The molecule has 1 N–H and O–H groups in total. The average molecular weight is 996 g/mol. The Bertz CT molecular complexity index is 2850. The number of nitrogens with zero attached hydrogens (tertiary/aromatic N) is 2. The Balaban J connectivity index is 1.32. The summed E-state index contributed by atoms with van der Waals surface area (Å²) in [5.74, 6) is 6.39. The lowest BCUT2D eigenvalue weighted by Gasteiger charge is -2.21. The number of benzene rings is 5. The summed E-state index contributed by atoms with van der Waals surface area (Å²) in [5, 5.41) is 3.03. The summed E-state index contributed by atoms with van der Waals surface area (Å²) in [4.78, 5) is 22.0. The summed E-state index contributed by atoms with van der Waals surface area (Å²) < 4.78 is 61.8. The third-order valence-corrected chi connectivity index (χ3v) is 13.0. The van der Waals surface area contributed by atoms with Crippen LogP contribution >= 0.6 is 0 Å². The standard InChI is InChI=1S/C59H69N3O11/c1-10-11-20-72-57-34-48-25-46-33-54(69-7)44(31-56(46)71-9)23-42-29-50(65-3)40(27-52(42)67-5)21-39-26-51(66-4)41(28-49(39)64-2)22-43-30-55(70-8)45(32-53(43)68-6)24-47(57)35-58(48)73-37-59(63)62-17-13-12-16-61-36-38-14-18-60-19-15-38/h14-15,18-19,26-36H,10-13,16-17,20-25,37H2,1-9H3,(H,62,63). The second kappa shape index (κ2) is 26.2. The van der Waals surface area contributed by atoms with E-state index in [2.05, 4.69) is 22.2 Å². The fraction of sp³-hybridized carbons (Fsp3) is 0.373. The molecule has 0 spiro atoms.